The summed E-state index contributed by atoms with van der Waals surface area (Å²) >= 11 is -0.363. The molecule has 7 heavy (non-hydrogen) atoms. The zero-order chi connectivity index (χ0) is 6.12. The van der Waals surface area contributed by atoms with E-state index in [1.54, 1.807) is 0 Å². The van der Waals surface area contributed by atoms with Crippen LogP contribution in [0.5, 0.6) is 0 Å². The first-order chi connectivity index (χ1) is 3.33. The molecule has 2 N–H and O–H groups in total. The summed E-state index contributed by atoms with van der Waals surface area (Å²) < 4.78 is 0. The van der Waals surface area contributed by atoms with Crippen LogP contribution in [0.25, 0.3) is 0 Å². The molecule has 0 amide bonds. The van der Waals surface area contributed by atoms with Crippen molar-refractivity contribution in [3.05, 3.63) is 0 Å². The summed E-state index contributed by atoms with van der Waals surface area (Å²) in [4.78, 5) is 0. The van der Waals surface area contributed by atoms with Crippen molar-refractivity contribution < 1.29 is 25.1 Å². The Labute approximate surface area is 58.0 Å². The van der Waals surface area contributed by atoms with Crippen molar-refractivity contribution in [3.8, 4) is 0 Å². The molecule has 0 unspecified atom stereocenters. The molecule has 0 aliphatic rings. The Morgan fingerprint density at radius 1 is 1.14 bits per heavy atom. The molecule has 0 bridgehead atoms. The fraction of sp³-hybridized carbons (Fsp3) is 1.00. The van der Waals surface area contributed by atoms with E-state index in [9.17, 15) is 0 Å². The van der Waals surface area contributed by atoms with E-state index in [1.165, 1.54) is 0 Å². The van der Waals surface area contributed by atoms with Crippen molar-refractivity contribution >= 4 is 19.6 Å². The normalized spacial score (nSPS) is 6.00. The first-order valence-electron chi connectivity index (χ1n) is 1.47. The van der Waals surface area contributed by atoms with E-state index in [0.717, 1.165) is 0 Å². The Morgan fingerprint density at radius 3 is 1.29 bits per heavy atom. The van der Waals surface area contributed by atoms with Crippen molar-refractivity contribution in [1.82, 2.24) is 0 Å². The second-order valence-corrected chi connectivity index (χ2v) is 4.07. The fourth-order valence-electron chi connectivity index (χ4n) is 0. The molecule has 0 radical (unpaired) electrons. The zero-order valence-corrected chi connectivity index (χ0v) is 7.17. The molecule has 0 heterocycles. The van der Waals surface area contributed by atoms with Crippen molar-refractivity contribution in [3.63, 3.8) is 0 Å². The Morgan fingerprint density at radius 2 is 1.29 bits per heavy atom. The van der Waals surface area contributed by atoms with Gasteiger partial charge >= 0.3 is 34.6 Å². The summed E-state index contributed by atoms with van der Waals surface area (Å²) in [6.07, 6.45) is 0. The van der Waals surface area contributed by atoms with E-state index in [0.29, 0.717) is 0 Å². The van der Waals surface area contributed by atoms with E-state index in [1.807, 2.05) is 0 Å². The van der Waals surface area contributed by atoms with Crippen LogP contribution < -0.4 is 0 Å². The van der Waals surface area contributed by atoms with Gasteiger partial charge in [0, 0.05) is 0 Å². The van der Waals surface area contributed by atoms with E-state index in [4.69, 9.17) is 10.2 Å². The molecule has 0 saturated carbocycles. The van der Waals surface area contributed by atoms with Gasteiger partial charge in [-0.2, -0.15) is 0 Å². The van der Waals surface area contributed by atoms with Crippen molar-refractivity contribution in [2.24, 2.45) is 0 Å². The van der Waals surface area contributed by atoms with Crippen molar-refractivity contribution in [1.29, 1.82) is 0 Å². The zero-order valence-electron chi connectivity index (χ0n) is 3.53. The van der Waals surface area contributed by atoms with Crippen LogP contribution in [-0.4, -0.2) is 23.4 Å². The fourth-order valence-corrected chi connectivity index (χ4v) is 0. The summed E-state index contributed by atoms with van der Waals surface area (Å²) in [7, 11) is 8.68. The predicted octanol–water partition coefficient (Wildman–Crippen LogP) is 0.265. The number of aliphatic hydroxyl groups excluding tert-OH is 2. The number of hydrogen-bond acceptors (Lipinski definition) is 4. The second-order valence-electron chi connectivity index (χ2n) is 0.515. The number of aliphatic hydroxyl groups is 2. The summed E-state index contributed by atoms with van der Waals surface area (Å²) in [6.45, 7) is -0.250. The van der Waals surface area contributed by atoms with E-state index >= 15 is 0 Å². The molecule has 2 nitrogen and oxygen atoms in total. The Bertz CT molecular complexity index is 49.7. The Hall–Kier alpha value is 1.05. The SMILES string of the molecule is OCCO.[S]=[Mo]=[S]. The Balaban J connectivity index is 0. The van der Waals surface area contributed by atoms with Gasteiger partial charge in [0.2, 0.25) is 0 Å². The molecular weight excluding hydrogens is 216 g/mol. The van der Waals surface area contributed by atoms with Gasteiger partial charge in [0.05, 0.1) is 13.2 Å². The molecule has 0 aromatic heterocycles. The van der Waals surface area contributed by atoms with E-state index < -0.39 is 0 Å². The van der Waals surface area contributed by atoms with Gasteiger partial charge in [-0.1, -0.05) is 0 Å². The predicted molar refractivity (Wildman–Crippen MR) is 29.4 cm³/mol. The molecule has 0 spiro atoms. The summed E-state index contributed by atoms with van der Waals surface area (Å²) in [6, 6.07) is 0. The average molecular weight is 222 g/mol. The molecule has 0 aromatic carbocycles. The molecule has 0 saturated heterocycles. The first kappa shape index (κ1) is 10.9. The Kier molecular flexibility index (Phi) is 24.6. The molecule has 0 atom stereocenters. The molecular formula is C2H6MoO2S2. The maximum atomic E-state index is 7.62. The van der Waals surface area contributed by atoms with Crippen molar-refractivity contribution in [2.75, 3.05) is 13.2 Å². The van der Waals surface area contributed by atoms with Crippen molar-refractivity contribution in [2.45, 2.75) is 0 Å². The van der Waals surface area contributed by atoms with Gasteiger partial charge in [0.25, 0.3) is 0 Å². The molecule has 5 heteroatoms. The molecule has 0 aliphatic heterocycles. The van der Waals surface area contributed by atoms with Crippen LogP contribution in [0.1, 0.15) is 0 Å². The van der Waals surface area contributed by atoms with Crippen LogP contribution in [0.3, 0.4) is 0 Å². The molecule has 0 aliphatic carbocycles. The van der Waals surface area contributed by atoms with Gasteiger partial charge < -0.3 is 10.2 Å². The van der Waals surface area contributed by atoms with Crippen LogP contribution in [0.2, 0.25) is 0 Å². The molecule has 0 aromatic rings. The summed E-state index contributed by atoms with van der Waals surface area (Å²) in [5, 5.41) is 15.2. The summed E-state index contributed by atoms with van der Waals surface area (Å²) in [5.74, 6) is 0. The maximum absolute atomic E-state index is 7.62. The number of hydrogen-bond donors (Lipinski definition) is 2. The quantitative estimate of drug-likeness (QED) is 0.624. The molecule has 0 rings (SSSR count). The van der Waals surface area contributed by atoms with Gasteiger partial charge in [-0.25, -0.2) is 0 Å². The van der Waals surface area contributed by atoms with Crippen LogP contribution in [0, 0.1) is 0 Å². The average Bonchev–Trinajstić information content (AvgIpc) is 1.69. The standard InChI is InChI=1S/C2H6O2.Mo.2S/c3-1-2-4;;;/h3-4H,1-2H2;;;. The number of rotatable bonds is 1. The molecule has 44 valence electrons. The van der Waals surface area contributed by atoms with E-state index in [2.05, 4.69) is 19.6 Å². The van der Waals surface area contributed by atoms with Gasteiger partial charge in [-0.15, -0.1) is 0 Å². The van der Waals surface area contributed by atoms with Crippen LogP contribution in [0.15, 0.2) is 0 Å². The van der Waals surface area contributed by atoms with Gasteiger partial charge in [0.15, 0.2) is 0 Å². The third-order valence-electron chi connectivity index (χ3n) is 0.1000. The van der Waals surface area contributed by atoms with Crippen LogP contribution in [-0.2, 0) is 14.9 Å². The van der Waals surface area contributed by atoms with Crippen LogP contribution in [0.4, 0.5) is 0 Å². The van der Waals surface area contributed by atoms with Gasteiger partial charge in [-0.3, -0.25) is 0 Å². The minimum absolute atomic E-state index is 0.125. The minimum atomic E-state index is -0.363. The van der Waals surface area contributed by atoms with E-state index in [-0.39, 0.29) is 28.1 Å². The third kappa shape index (κ3) is 42.8. The molecule has 0 fully saturated rings. The monoisotopic (exact) mass is 224 g/mol. The van der Waals surface area contributed by atoms with Gasteiger partial charge in [-0.05, 0) is 0 Å². The summed E-state index contributed by atoms with van der Waals surface area (Å²) in [5.41, 5.74) is 0. The topological polar surface area (TPSA) is 40.5 Å². The van der Waals surface area contributed by atoms with Gasteiger partial charge in [0.1, 0.15) is 0 Å². The third-order valence-corrected chi connectivity index (χ3v) is 0.1000. The first-order valence-corrected chi connectivity index (χ1v) is 7.05. The second kappa shape index (κ2) is 15.7. The van der Waals surface area contributed by atoms with Crippen LogP contribution >= 0.6 is 19.6 Å².